The molecule has 0 aliphatic carbocycles. The fourth-order valence-corrected chi connectivity index (χ4v) is 4.61. The van der Waals surface area contributed by atoms with Crippen LogP contribution in [0.25, 0.3) is 0 Å². The van der Waals surface area contributed by atoms with Crippen molar-refractivity contribution in [1.82, 2.24) is 19.2 Å². The minimum Gasteiger partial charge on any atom is -0.346 e. The summed E-state index contributed by atoms with van der Waals surface area (Å²) in [6.07, 6.45) is 7.47. The number of hydrogen-bond acceptors (Lipinski definition) is 4. The molecule has 124 valence electrons. The van der Waals surface area contributed by atoms with Crippen LogP contribution in [0.4, 0.5) is 0 Å². The molecule has 2 aliphatic heterocycles. The molecule has 7 heteroatoms. The standard InChI is InChI=1S/C15H26N4O2S/c1-12-10-16-15(17-12)13-4-3-7-18(11-13)14-5-8-19(9-6-14)22(2,20)21/h10,13-14H,3-9,11H2,1-2H3,(H,16,17). The molecule has 3 heterocycles. The van der Waals surface area contributed by atoms with Crippen molar-refractivity contribution < 1.29 is 8.42 Å². The van der Waals surface area contributed by atoms with Crippen molar-refractivity contribution in [3.05, 3.63) is 17.7 Å². The summed E-state index contributed by atoms with van der Waals surface area (Å²) >= 11 is 0. The molecular formula is C15H26N4O2S. The van der Waals surface area contributed by atoms with Gasteiger partial charge in [0, 0.05) is 43.5 Å². The van der Waals surface area contributed by atoms with Gasteiger partial charge >= 0.3 is 0 Å². The maximum absolute atomic E-state index is 11.6. The van der Waals surface area contributed by atoms with Crippen LogP contribution in [0.15, 0.2) is 6.20 Å². The Hall–Kier alpha value is -0.920. The van der Waals surface area contributed by atoms with Gasteiger partial charge in [0.25, 0.3) is 0 Å². The highest BCUT2D eigenvalue weighted by Gasteiger charge is 2.32. The summed E-state index contributed by atoms with van der Waals surface area (Å²) in [4.78, 5) is 10.4. The molecule has 1 aromatic rings. The summed E-state index contributed by atoms with van der Waals surface area (Å²) in [6, 6.07) is 0.511. The third-order valence-corrected chi connectivity index (χ3v) is 6.27. The second-order valence-electron chi connectivity index (χ2n) is 6.68. The Morgan fingerprint density at radius 1 is 1.23 bits per heavy atom. The third-order valence-electron chi connectivity index (χ3n) is 4.97. The number of nitrogens with one attached hydrogen (secondary N) is 1. The van der Waals surface area contributed by atoms with Crippen molar-refractivity contribution in [2.24, 2.45) is 0 Å². The van der Waals surface area contributed by atoms with Gasteiger partial charge in [-0.15, -0.1) is 0 Å². The van der Waals surface area contributed by atoms with Gasteiger partial charge in [-0.25, -0.2) is 17.7 Å². The molecule has 2 saturated heterocycles. The number of rotatable bonds is 3. The SMILES string of the molecule is Cc1cnc(C2CCCN(C3CCN(S(C)(=O)=O)CC3)C2)[nH]1. The maximum Gasteiger partial charge on any atom is 0.211 e. The quantitative estimate of drug-likeness (QED) is 0.909. The number of hydrogen-bond donors (Lipinski definition) is 1. The van der Waals surface area contributed by atoms with E-state index in [1.807, 2.05) is 13.1 Å². The van der Waals surface area contributed by atoms with Crippen LogP contribution in [-0.4, -0.2) is 66.1 Å². The van der Waals surface area contributed by atoms with Crippen LogP contribution < -0.4 is 0 Å². The molecule has 0 amide bonds. The van der Waals surface area contributed by atoms with Gasteiger partial charge in [-0.05, 0) is 39.2 Å². The fourth-order valence-electron chi connectivity index (χ4n) is 3.74. The zero-order valence-electron chi connectivity index (χ0n) is 13.5. The number of piperidine rings is 2. The molecule has 1 atom stereocenters. The molecule has 2 fully saturated rings. The van der Waals surface area contributed by atoms with Crippen molar-refractivity contribution in [2.45, 2.75) is 44.6 Å². The maximum atomic E-state index is 11.6. The van der Waals surface area contributed by atoms with E-state index in [9.17, 15) is 8.42 Å². The first kappa shape index (κ1) is 16.0. The number of H-pyrrole nitrogens is 1. The second kappa shape index (κ2) is 6.29. The van der Waals surface area contributed by atoms with Crippen LogP contribution in [0.5, 0.6) is 0 Å². The van der Waals surface area contributed by atoms with Gasteiger partial charge in [0.1, 0.15) is 5.82 Å². The van der Waals surface area contributed by atoms with Gasteiger partial charge in [0.15, 0.2) is 0 Å². The zero-order valence-corrected chi connectivity index (χ0v) is 14.3. The molecule has 1 aromatic heterocycles. The Labute approximate surface area is 133 Å². The zero-order chi connectivity index (χ0) is 15.7. The van der Waals surface area contributed by atoms with Crippen LogP contribution in [0.1, 0.15) is 43.1 Å². The van der Waals surface area contributed by atoms with Crippen LogP contribution in [0.2, 0.25) is 0 Å². The number of nitrogens with zero attached hydrogens (tertiary/aromatic N) is 3. The fraction of sp³-hybridized carbons (Fsp3) is 0.800. The molecule has 0 bridgehead atoms. The van der Waals surface area contributed by atoms with Gasteiger partial charge in [-0.2, -0.15) is 0 Å². The van der Waals surface area contributed by atoms with Crippen molar-refractivity contribution in [3.8, 4) is 0 Å². The van der Waals surface area contributed by atoms with Crippen molar-refractivity contribution in [3.63, 3.8) is 0 Å². The van der Waals surface area contributed by atoms with Crippen molar-refractivity contribution >= 4 is 10.0 Å². The number of aromatic amines is 1. The topological polar surface area (TPSA) is 69.3 Å². The smallest absolute Gasteiger partial charge is 0.211 e. The first-order chi connectivity index (χ1) is 10.4. The number of aromatic nitrogens is 2. The van der Waals surface area contributed by atoms with E-state index in [0.717, 1.165) is 37.4 Å². The number of aryl methyl sites for hydroxylation is 1. The van der Waals surface area contributed by atoms with Gasteiger partial charge in [0.05, 0.1) is 6.26 Å². The number of imidazole rings is 1. The lowest BCUT2D eigenvalue weighted by molar-refractivity contribution is 0.106. The van der Waals surface area contributed by atoms with E-state index in [2.05, 4.69) is 14.9 Å². The largest absolute Gasteiger partial charge is 0.346 e. The summed E-state index contributed by atoms with van der Waals surface area (Å²) in [5.41, 5.74) is 1.12. The molecule has 1 unspecified atom stereocenters. The first-order valence-electron chi connectivity index (χ1n) is 8.14. The second-order valence-corrected chi connectivity index (χ2v) is 8.66. The Morgan fingerprint density at radius 2 is 1.95 bits per heavy atom. The van der Waals surface area contributed by atoms with E-state index in [4.69, 9.17) is 0 Å². The minimum atomic E-state index is -3.03. The summed E-state index contributed by atoms with van der Waals surface area (Å²) < 4.78 is 24.8. The Morgan fingerprint density at radius 3 is 2.55 bits per heavy atom. The van der Waals surface area contributed by atoms with Crippen LogP contribution in [0, 0.1) is 6.92 Å². The molecule has 6 nitrogen and oxygen atoms in total. The molecule has 0 aromatic carbocycles. The number of sulfonamides is 1. The van der Waals surface area contributed by atoms with Gasteiger partial charge < -0.3 is 4.98 Å². The highest BCUT2D eigenvalue weighted by molar-refractivity contribution is 7.88. The monoisotopic (exact) mass is 326 g/mol. The van der Waals surface area contributed by atoms with Crippen molar-refractivity contribution in [1.29, 1.82) is 0 Å². The Balaban J connectivity index is 1.59. The molecule has 0 saturated carbocycles. The summed E-state index contributed by atoms with van der Waals surface area (Å²) in [5, 5.41) is 0. The minimum absolute atomic E-state index is 0.482. The lowest BCUT2D eigenvalue weighted by Gasteiger charge is -2.41. The molecule has 0 radical (unpaired) electrons. The van der Waals surface area contributed by atoms with Gasteiger partial charge in [0.2, 0.25) is 10.0 Å². The van der Waals surface area contributed by atoms with Crippen LogP contribution >= 0.6 is 0 Å². The molecule has 2 aliphatic rings. The van der Waals surface area contributed by atoms with E-state index < -0.39 is 10.0 Å². The summed E-state index contributed by atoms with van der Waals surface area (Å²) in [5.74, 6) is 1.59. The molecule has 3 rings (SSSR count). The van der Waals surface area contributed by atoms with Gasteiger partial charge in [-0.1, -0.05) is 0 Å². The lowest BCUT2D eigenvalue weighted by Crippen LogP contribution is -2.49. The Bertz CT molecular complexity index is 605. The third kappa shape index (κ3) is 3.52. The first-order valence-corrected chi connectivity index (χ1v) is 9.99. The highest BCUT2D eigenvalue weighted by Crippen LogP contribution is 2.29. The lowest BCUT2D eigenvalue weighted by atomic mass is 9.94. The van der Waals surface area contributed by atoms with E-state index in [0.29, 0.717) is 25.0 Å². The normalized spacial score (nSPS) is 26.4. The van der Waals surface area contributed by atoms with E-state index in [1.165, 1.54) is 19.1 Å². The molecule has 1 N–H and O–H groups in total. The molecular weight excluding hydrogens is 300 g/mol. The predicted molar refractivity (Wildman–Crippen MR) is 86.3 cm³/mol. The van der Waals surface area contributed by atoms with Gasteiger partial charge in [-0.3, -0.25) is 4.90 Å². The number of likely N-dealkylation sites (tertiary alicyclic amines) is 1. The molecule has 0 spiro atoms. The average Bonchev–Trinajstić information content (AvgIpc) is 2.93. The summed E-state index contributed by atoms with van der Waals surface area (Å²) in [6.45, 7) is 5.52. The van der Waals surface area contributed by atoms with E-state index >= 15 is 0 Å². The van der Waals surface area contributed by atoms with E-state index in [1.54, 1.807) is 4.31 Å². The van der Waals surface area contributed by atoms with Crippen LogP contribution in [-0.2, 0) is 10.0 Å². The van der Waals surface area contributed by atoms with Crippen molar-refractivity contribution in [2.75, 3.05) is 32.4 Å². The average molecular weight is 326 g/mol. The summed E-state index contributed by atoms with van der Waals surface area (Å²) in [7, 11) is -3.03. The van der Waals surface area contributed by atoms with E-state index in [-0.39, 0.29) is 0 Å². The Kier molecular flexibility index (Phi) is 4.56. The predicted octanol–water partition coefficient (Wildman–Crippen LogP) is 1.32. The molecule has 22 heavy (non-hydrogen) atoms. The van der Waals surface area contributed by atoms with Crippen LogP contribution in [0.3, 0.4) is 0 Å². The highest BCUT2D eigenvalue weighted by atomic mass is 32.2.